The topological polar surface area (TPSA) is 68.0 Å². The van der Waals surface area contributed by atoms with E-state index < -0.39 is 0 Å². The average molecular weight is 340 g/mol. The molecule has 1 aromatic carbocycles. The summed E-state index contributed by atoms with van der Waals surface area (Å²) in [5, 5.41) is 5.47. The summed E-state index contributed by atoms with van der Waals surface area (Å²) in [5.41, 5.74) is 8.12. The molecule has 0 fully saturated rings. The Morgan fingerprint density at radius 1 is 1.23 bits per heavy atom. The number of nitrogens with two attached hydrogens (primary N) is 1. The lowest BCUT2D eigenvalue weighted by Gasteiger charge is -2.19. The number of benzene rings is 1. The number of rotatable bonds is 5. The van der Waals surface area contributed by atoms with Crippen LogP contribution in [0.2, 0.25) is 0 Å². The van der Waals surface area contributed by atoms with E-state index in [2.05, 4.69) is 24.1 Å². The SMILES string of the molecule is CC(C)c1csc(NC(=O)C(C)C(N)c2ccccc2)n1.Cl. The first-order chi connectivity index (χ1) is 9.99. The highest BCUT2D eigenvalue weighted by molar-refractivity contribution is 7.13. The van der Waals surface area contributed by atoms with Crippen LogP contribution in [0.4, 0.5) is 5.13 Å². The molecule has 1 heterocycles. The summed E-state index contributed by atoms with van der Waals surface area (Å²) >= 11 is 1.45. The summed E-state index contributed by atoms with van der Waals surface area (Å²) in [6.45, 7) is 5.99. The Labute approximate surface area is 141 Å². The Kier molecular flexibility index (Phi) is 7.00. The number of nitrogens with zero attached hydrogens (tertiary/aromatic N) is 1. The lowest BCUT2D eigenvalue weighted by atomic mass is 9.95. The minimum atomic E-state index is -0.323. The van der Waals surface area contributed by atoms with Gasteiger partial charge in [-0.3, -0.25) is 4.79 Å². The first kappa shape index (κ1) is 18.6. The van der Waals surface area contributed by atoms with Crippen LogP contribution in [0, 0.1) is 5.92 Å². The third-order valence-corrected chi connectivity index (χ3v) is 4.26. The second-order valence-electron chi connectivity index (χ2n) is 5.45. The molecule has 0 saturated heterocycles. The Morgan fingerprint density at radius 3 is 2.41 bits per heavy atom. The predicted octanol–water partition coefficient (Wildman–Crippen LogP) is 3.96. The van der Waals surface area contributed by atoms with Crippen molar-refractivity contribution in [3.8, 4) is 0 Å². The number of hydrogen-bond donors (Lipinski definition) is 2. The Hall–Kier alpha value is -1.43. The van der Waals surface area contributed by atoms with Gasteiger partial charge in [0.05, 0.1) is 11.6 Å². The Morgan fingerprint density at radius 2 is 1.86 bits per heavy atom. The quantitative estimate of drug-likeness (QED) is 0.866. The van der Waals surface area contributed by atoms with Gasteiger partial charge in [0.1, 0.15) is 0 Å². The molecule has 4 nitrogen and oxygen atoms in total. The zero-order valence-corrected chi connectivity index (χ0v) is 14.6. The molecule has 0 radical (unpaired) electrons. The summed E-state index contributed by atoms with van der Waals surface area (Å²) in [7, 11) is 0. The van der Waals surface area contributed by atoms with Crippen molar-refractivity contribution in [1.82, 2.24) is 4.98 Å². The van der Waals surface area contributed by atoms with Crippen LogP contribution < -0.4 is 11.1 Å². The average Bonchev–Trinajstić information content (AvgIpc) is 2.95. The first-order valence-corrected chi connectivity index (χ1v) is 7.93. The third-order valence-electron chi connectivity index (χ3n) is 3.48. The lowest BCUT2D eigenvalue weighted by molar-refractivity contribution is -0.120. The number of anilines is 1. The second kappa shape index (κ2) is 8.27. The number of carbonyl (C=O) groups is 1. The van der Waals surface area contributed by atoms with Crippen molar-refractivity contribution in [3.63, 3.8) is 0 Å². The van der Waals surface area contributed by atoms with Crippen LogP contribution in [-0.2, 0) is 4.79 Å². The maximum Gasteiger partial charge on any atom is 0.230 e. The number of nitrogens with one attached hydrogen (secondary N) is 1. The van der Waals surface area contributed by atoms with Crippen LogP contribution in [0.15, 0.2) is 35.7 Å². The molecule has 0 spiro atoms. The second-order valence-corrected chi connectivity index (χ2v) is 6.30. The van der Waals surface area contributed by atoms with E-state index in [-0.39, 0.29) is 30.3 Å². The summed E-state index contributed by atoms with van der Waals surface area (Å²) in [4.78, 5) is 16.7. The molecule has 0 bridgehead atoms. The van der Waals surface area contributed by atoms with E-state index in [1.807, 2.05) is 42.6 Å². The van der Waals surface area contributed by atoms with Crippen LogP contribution in [0.25, 0.3) is 0 Å². The van der Waals surface area contributed by atoms with E-state index in [0.717, 1.165) is 11.3 Å². The molecule has 0 aliphatic heterocycles. The highest BCUT2D eigenvalue weighted by atomic mass is 35.5. The van der Waals surface area contributed by atoms with Gasteiger partial charge in [0, 0.05) is 11.4 Å². The molecule has 2 atom stereocenters. The Balaban J connectivity index is 0.00000242. The smallest absolute Gasteiger partial charge is 0.230 e. The molecule has 0 saturated carbocycles. The normalized spacial score (nSPS) is 13.3. The number of halogens is 1. The van der Waals surface area contributed by atoms with Gasteiger partial charge in [-0.25, -0.2) is 4.98 Å². The Bertz CT molecular complexity index is 600. The minimum Gasteiger partial charge on any atom is -0.323 e. The number of amides is 1. The summed E-state index contributed by atoms with van der Waals surface area (Å²) in [6.07, 6.45) is 0. The predicted molar refractivity (Wildman–Crippen MR) is 94.6 cm³/mol. The van der Waals surface area contributed by atoms with Crippen LogP contribution in [0.5, 0.6) is 0 Å². The highest BCUT2D eigenvalue weighted by Gasteiger charge is 2.23. The van der Waals surface area contributed by atoms with E-state index in [1.165, 1.54) is 11.3 Å². The molecule has 6 heteroatoms. The van der Waals surface area contributed by atoms with Crippen molar-refractivity contribution < 1.29 is 4.79 Å². The number of aromatic nitrogens is 1. The van der Waals surface area contributed by atoms with Crippen molar-refractivity contribution in [3.05, 3.63) is 47.0 Å². The van der Waals surface area contributed by atoms with Crippen molar-refractivity contribution in [2.45, 2.75) is 32.7 Å². The van der Waals surface area contributed by atoms with Gasteiger partial charge in [0.25, 0.3) is 0 Å². The maximum atomic E-state index is 12.3. The molecule has 2 rings (SSSR count). The fourth-order valence-corrected chi connectivity index (χ4v) is 2.83. The maximum absolute atomic E-state index is 12.3. The van der Waals surface area contributed by atoms with Gasteiger partial charge in [-0.2, -0.15) is 0 Å². The number of thiazole rings is 1. The van der Waals surface area contributed by atoms with Crippen LogP contribution >= 0.6 is 23.7 Å². The minimum absolute atomic E-state index is 0. The van der Waals surface area contributed by atoms with Crippen molar-refractivity contribution >= 4 is 34.8 Å². The lowest BCUT2D eigenvalue weighted by Crippen LogP contribution is -2.30. The van der Waals surface area contributed by atoms with E-state index in [4.69, 9.17) is 5.73 Å². The molecule has 0 aliphatic rings. The molecule has 3 N–H and O–H groups in total. The third kappa shape index (κ3) is 4.53. The molecular weight excluding hydrogens is 318 g/mol. The summed E-state index contributed by atoms with van der Waals surface area (Å²) < 4.78 is 0. The van der Waals surface area contributed by atoms with Gasteiger partial charge in [0.15, 0.2) is 5.13 Å². The standard InChI is InChI=1S/C16H21N3OS.ClH/c1-10(2)13-9-21-16(18-13)19-15(20)11(3)14(17)12-7-5-4-6-8-12;/h4-11,14H,17H2,1-3H3,(H,18,19,20);1H. The van der Waals surface area contributed by atoms with Crippen LogP contribution in [0.1, 0.15) is 44.0 Å². The van der Waals surface area contributed by atoms with Gasteiger partial charge in [-0.1, -0.05) is 51.1 Å². The largest absolute Gasteiger partial charge is 0.323 e. The summed E-state index contributed by atoms with van der Waals surface area (Å²) in [6, 6.07) is 9.34. The van der Waals surface area contributed by atoms with Crippen LogP contribution in [-0.4, -0.2) is 10.9 Å². The monoisotopic (exact) mass is 339 g/mol. The fourth-order valence-electron chi connectivity index (χ4n) is 1.95. The van der Waals surface area contributed by atoms with Gasteiger partial charge in [-0.05, 0) is 11.5 Å². The molecule has 1 amide bonds. The number of hydrogen-bond acceptors (Lipinski definition) is 4. The van der Waals surface area contributed by atoms with E-state index in [0.29, 0.717) is 11.0 Å². The summed E-state index contributed by atoms with van der Waals surface area (Å²) in [5.74, 6) is -0.0642. The molecule has 2 unspecified atom stereocenters. The first-order valence-electron chi connectivity index (χ1n) is 7.06. The number of carbonyl (C=O) groups excluding carboxylic acids is 1. The molecule has 1 aromatic heterocycles. The molecular formula is C16H22ClN3OS. The molecule has 0 aliphatic carbocycles. The van der Waals surface area contributed by atoms with E-state index >= 15 is 0 Å². The molecule has 22 heavy (non-hydrogen) atoms. The zero-order chi connectivity index (χ0) is 15.4. The van der Waals surface area contributed by atoms with Crippen molar-refractivity contribution in [2.75, 3.05) is 5.32 Å². The fraction of sp³-hybridized carbons (Fsp3) is 0.375. The van der Waals surface area contributed by atoms with Gasteiger partial charge in [-0.15, -0.1) is 23.7 Å². The van der Waals surface area contributed by atoms with Crippen molar-refractivity contribution in [1.29, 1.82) is 0 Å². The van der Waals surface area contributed by atoms with E-state index in [1.54, 1.807) is 0 Å². The zero-order valence-electron chi connectivity index (χ0n) is 12.9. The molecule has 2 aromatic rings. The van der Waals surface area contributed by atoms with Gasteiger partial charge >= 0.3 is 0 Å². The van der Waals surface area contributed by atoms with E-state index in [9.17, 15) is 4.79 Å². The van der Waals surface area contributed by atoms with Gasteiger partial charge < -0.3 is 11.1 Å². The van der Waals surface area contributed by atoms with Crippen LogP contribution in [0.3, 0.4) is 0 Å². The molecule has 120 valence electrons. The van der Waals surface area contributed by atoms with Crippen molar-refractivity contribution in [2.24, 2.45) is 11.7 Å². The highest BCUT2D eigenvalue weighted by Crippen LogP contribution is 2.24. The van der Waals surface area contributed by atoms with Gasteiger partial charge in [0.2, 0.25) is 5.91 Å².